The number of rotatable bonds is 7. The Morgan fingerprint density at radius 3 is 2.63 bits per heavy atom. The predicted octanol–water partition coefficient (Wildman–Crippen LogP) is 3.20. The fraction of sp³-hybridized carbons (Fsp3) is 0.444. The number of aromatic amines is 1. The Balaban J connectivity index is 1.07. The van der Waals surface area contributed by atoms with Gasteiger partial charge >= 0.3 is 0 Å². The van der Waals surface area contributed by atoms with Gasteiger partial charge < -0.3 is 19.5 Å². The number of carbonyl (C=O) groups excluding carboxylic acids is 1. The first kappa shape index (κ1) is 23.4. The van der Waals surface area contributed by atoms with Crippen LogP contribution >= 0.6 is 0 Å². The van der Waals surface area contributed by atoms with E-state index in [9.17, 15) is 9.59 Å². The Kier molecular flexibility index (Phi) is 6.99. The highest BCUT2D eigenvalue weighted by molar-refractivity contribution is 5.94. The first-order valence-electron chi connectivity index (χ1n) is 12.6. The molecule has 35 heavy (non-hydrogen) atoms. The van der Waals surface area contributed by atoms with Gasteiger partial charge in [-0.1, -0.05) is 6.07 Å². The minimum absolute atomic E-state index is 0.128. The molecule has 8 nitrogen and oxygen atoms in total. The minimum Gasteiger partial charge on any atom is -0.478 e. The number of hydrogen-bond acceptors (Lipinski definition) is 6. The number of aromatic nitrogens is 2. The minimum atomic E-state index is -0.160. The van der Waals surface area contributed by atoms with Crippen LogP contribution in [0.25, 0.3) is 11.0 Å². The summed E-state index contributed by atoms with van der Waals surface area (Å²) < 4.78 is 5.81. The number of ether oxygens (including phenoxy) is 1. The molecule has 1 saturated heterocycles. The lowest BCUT2D eigenvalue weighted by atomic mass is 9.98. The number of fused-ring (bicyclic) bond motifs is 2. The van der Waals surface area contributed by atoms with Crippen LogP contribution in [0.2, 0.25) is 0 Å². The fourth-order valence-corrected chi connectivity index (χ4v) is 5.15. The molecule has 0 spiro atoms. The molecule has 0 radical (unpaired) electrons. The van der Waals surface area contributed by atoms with Crippen molar-refractivity contribution in [3.05, 3.63) is 58.4 Å². The van der Waals surface area contributed by atoms with Gasteiger partial charge in [-0.25, -0.2) is 0 Å². The Labute approximate surface area is 205 Å². The lowest BCUT2D eigenvalue weighted by Crippen LogP contribution is -2.47. The number of hydrogen-bond donors (Lipinski definition) is 1. The quantitative estimate of drug-likeness (QED) is 0.529. The van der Waals surface area contributed by atoms with Gasteiger partial charge in [0, 0.05) is 68.5 Å². The van der Waals surface area contributed by atoms with E-state index in [-0.39, 0.29) is 11.5 Å². The number of unbranched alkanes of at least 4 members (excludes halogenated alkanes) is 1. The van der Waals surface area contributed by atoms with E-state index in [1.165, 1.54) is 17.3 Å². The van der Waals surface area contributed by atoms with Crippen molar-refractivity contribution in [3.8, 4) is 5.88 Å². The number of benzene rings is 1. The molecule has 2 aliphatic rings. The number of nitrogens with zero attached hydrogens (tertiary/aromatic N) is 4. The standard InChI is InChI=1S/C27H33N5O3/c1-20(33)32-14-5-6-22-23(7-4-8-24(22)32)31-17-15-30(16-18-31)13-2-3-19-35-26-12-10-21-9-11-25(34)28-27(21)29-26/h4,7-12H,2-3,5-6,13-19H2,1H3,(H,28,29,34). The predicted molar refractivity (Wildman–Crippen MR) is 139 cm³/mol. The van der Waals surface area contributed by atoms with E-state index in [1.54, 1.807) is 13.0 Å². The van der Waals surface area contributed by atoms with Crippen molar-refractivity contribution in [1.82, 2.24) is 14.9 Å². The number of pyridine rings is 2. The van der Waals surface area contributed by atoms with E-state index in [1.807, 2.05) is 17.0 Å². The van der Waals surface area contributed by atoms with Crippen molar-refractivity contribution in [2.45, 2.75) is 32.6 Å². The second-order valence-corrected chi connectivity index (χ2v) is 9.34. The zero-order valence-electron chi connectivity index (χ0n) is 20.3. The van der Waals surface area contributed by atoms with Crippen LogP contribution < -0.4 is 20.1 Å². The molecule has 0 bridgehead atoms. The second-order valence-electron chi connectivity index (χ2n) is 9.34. The Hall–Kier alpha value is -3.39. The molecular weight excluding hydrogens is 442 g/mol. The van der Waals surface area contributed by atoms with Gasteiger partial charge in [-0.3, -0.25) is 14.5 Å². The summed E-state index contributed by atoms with van der Waals surface area (Å²) in [6, 6.07) is 13.4. The van der Waals surface area contributed by atoms with Crippen molar-refractivity contribution in [3.63, 3.8) is 0 Å². The third-order valence-electron chi connectivity index (χ3n) is 6.99. The fourth-order valence-electron chi connectivity index (χ4n) is 5.15. The third-order valence-corrected chi connectivity index (χ3v) is 6.99. The molecular formula is C27H33N5O3. The van der Waals surface area contributed by atoms with Crippen molar-refractivity contribution in [2.75, 3.05) is 55.7 Å². The molecule has 1 N–H and O–H groups in total. The number of anilines is 2. The number of amides is 1. The largest absolute Gasteiger partial charge is 0.478 e. The summed E-state index contributed by atoms with van der Waals surface area (Å²) in [4.78, 5) is 37.6. The van der Waals surface area contributed by atoms with Crippen LogP contribution in [0, 0.1) is 0 Å². The lowest BCUT2D eigenvalue weighted by molar-refractivity contribution is -0.116. The highest BCUT2D eigenvalue weighted by Gasteiger charge is 2.25. The Morgan fingerprint density at radius 1 is 1.00 bits per heavy atom. The summed E-state index contributed by atoms with van der Waals surface area (Å²) in [6.45, 7) is 8.24. The summed E-state index contributed by atoms with van der Waals surface area (Å²) in [5, 5.41) is 0.892. The van der Waals surface area contributed by atoms with Crippen molar-refractivity contribution in [2.24, 2.45) is 0 Å². The molecule has 3 aromatic rings. The molecule has 1 fully saturated rings. The maximum atomic E-state index is 12.1. The first-order chi connectivity index (χ1) is 17.1. The van der Waals surface area contributed by atoms with E-state index < -0.39 is 0 Å². The van der Waals surface area contributed by atoms with Crippen LogP contribution in [-0.2, 0) is 11.2 Å². The molecule has 8 heteroatoms. The highest BCUT2D eigenvalue weighted by atomic mass is 16.5. The van der Waals surface area contributed by atoms with Crippen LogP contribution in [0.1, 0.15) is 31.7 Å². The molecule has 4 heterocycles. The Bertz CT molecular complexity index is 1250. The van der Waals surface area contributed by atoms with Crippen molar-refractivity contribution < 1.29 is 9.53 Å². The van der Waals surface area contributed by atoms with Crippen LogP contribution in [0.15, 0.2) is 47.3 Å². The monoisotopic (exact) mass is 475 g/mol. The molecule has 0 unspecified atom stereocenters. The van der Waals surface area contributed by atoms with Crippen LogP contribution in [-0.4, -0.2) is 66.7 Å². The van der Waals surface area contributed by atoms with E-state index in [4.69, 9.17) is 4.74 Å². The molecule has 5 rings (SSSR count). The van der Waals surface area contributed by atoms with Crippen LogP contribution in [0.4, 0.5) is 11.4 Å². The van der Waals surface area contributed by atoms with Gasteiger partial charge in [-0.05, 0) is 62.1 Å². The molecule has 0 saturated carbocycles. The van der Waals surface area contributed by atoms with Gasteiger partial charge in [0.25, 0.3) is 0 Å². The molecule has 0 atom stereocenters. The van der Waals surface area contributed by atoms with Crippen LogP contribution in [0.3, 0.4) is 0 Å². The number of piperazine rings is 1. The number of H-pyrrole nitrogens is 1. The Morgan fingerprint density at radius 2 is 1.80 bits per heavy atom. The molecule has 184 valence electrons. The van der Waals surface area contributed by atoms with E-state index in [0.29, 0.717) is 18.1 Å². The second kappa shape index (κ2) is 10.5. The lowest BCUT2D eigenvalue weighted by Gasteiger charge is -2.39. The third kappa shape index (κ3) is 5.32. The summed E-state index contributed by atoms with van der Waals surface area (Å²) in [6.07, 6.45) is 4.09. The van der Waals surface area contributed by atoms with E-state index in [2.05, 4.69) is 38.0 Å². The topological polar surface area (TPSA) is 81.8 Å². The smallest absolute Gasteiger partial charge is 0.249 e. The van der Waals surface area contributed by atoms with Gasteiger partial charge in [-0.15, -0.1) is 0 Å². The number of nitrogens with one attached hydrogen (secondary N) is 1. The van der Waals surface area contributed by atoms with Gasteiger partial charge in [0.15, 0.2) is 0 Å². The molecule has 2 aliphatic heterocycles. The maximum Gasteiger partial charge on any atom is 0.249 e. The average molecular weight is 476 g/mol. The van der Waals surface area contributed by atoms with Crippen LogP contribution in [0.5, 0.6) is 5.88 Å². The average Bonchev–Trinajstić information content (AvgIpc) is 2.88. The van der Waals surface area contributed by atoms with E-state index >= 15 is 0 Å². The van der Waals surface area contributed by atoms with E-state index in [0.717, 1.165) is 76.0 Å². The summed E-state index contributed by atoms with van der Waals surface area (Å²) in [5.41, 5.74) is 4.11. The maximum absolute atomic E-state index is 12.1. The summed E-state index contributed by atoms with van der Waals surface area (Å²) >= 11 is 0. The van der Waals surface area contributed by atoms with Crippen molar-refractivity contribution in [1.29, 1.82) is 0 Å². The van der Waals surface area contributed by atoms with Gasteiger partial charge in [0.2, 0.25) is 17.3 Å². The summed E-state index contributed by atoms with van der Waals surface area (Å²) in [7, 11) is 0. The normalized spacial score (nSPS) is 16.4. The zero-order valence-corrected chi connectivity index (χ0v) is 20.3. The first-order valence-corrected chi connectivity index (χ1v) is 12.6. The van der Waals surface area contributed by atoms with Crippen molar-refractivity contribution >= 4 is 28.3 Å². The number of carbonyl (C=O) groups is 1. The summed E-state index contributed by atoms with van der Waals surface area (Å²) in [5.74, 6) is 0.672. The molecule has 1 aromatic carbocycles. The van der Waals surface area contributed by atoms with Gasteiger partial charge in [0.1, 0.15) is 5.65 Å². The van der Waals surface area contributed by atoms with Gasteiger partial charge in [0.05, 0.1) is 6.61 Å². The highest BCUT2D eigenvalue weighted by Crippen LogP contribution is 2.35. The molecule has 2 aromatic heterocycles. The SMILES string of the molecule is CC(=O)N1CCCc2c(N3CCN(CCCCOc4ccc5ccc(=O)[nH]c5n4)CC3)cccc21. The molecule has 0 aliphatic carbocycles. The molecule has 1 amide bonds. The zero-order chi connectivity index (χ0) is 24.2. The van der Waals surface area contributed by atoms with Gasteiger partial charge in [-0.2, -0.15) is 4.98 Å².